The molecule has 4 aromatic rings. The first-order valence-corrected chi connectivity index (χ1v) is 12.8. The van der Waals surface area contributed by atoms with E-state index in [0.717, 1.165) is 5.56 Å². The molecule has 10 nitrogen and oxygen atoms in total. The highest BCUT2D eigenvalue weighted by Crippen LogP contribution is 2.31. The van der Waals surface area contributed by atoms with Gasteiger partial charge in [0.05, 0.1) is 17.7 Å². The van der Waals surface area contributed by atoms with Crippen molar-refractivity contribution in [3.8, 4) is 11.4 Å². The number of rotatable bonds is 10. The van der Waals surface area contributed by atoms with Crippen LogP contribution in [0, 0.1) is 11.7 Å². The maximum atomic E-state index is 13.4. The highest BCUT2D eigenvalue weighted by Gasteiger charge is 2.34. The number of benzene rings is 2. The molecule has 11 heteroatoms. The lowest BCUT2D eigenvalue weighted by Gasteiger charge is -2.21. The molecule has 40 heavy (non-hydrogen) atoms. The molecule has 1 unspecified atom stereocenters. The van der Waals surface area contributed by atoms with Gasteiger partial charge in [-0.15, -0.1) is 10.2 Å². The fourth-order valence-electron chi connectivity index (χ4n) is 4.22. The zero-order chi connectivity index (χ0) is 29.0. The normalized spacial score (nSPS) is 12.3. The van der Waals surface area contributed by atoms with Crippen LogP contribution >= 0.6 is 0 Å². The Morgan fingerprint density at radius 3 is 2.35 bits per heavy atom. The number of halogens is 1. The van der Waals surface area contributed by atoms with Crippen LogP contribution in [-0.2, 0) is 16.8 Å². The second kappa shape index (κ2) is 11.6. The Morgan fingerprint density at radius 2 is 1.73 bits per heavy atom. The van der Waals surface area contributed by atoms with Crippen molar-refractivity contribution in [1.82, 2.24) is 25.1 Å². The third kappa shape index (κ3) is 5.83. The lowest BCUT2D eigenvalue weighted by Crippen LogP contribution is -2.46. The first kappa shape index (κ1) is 28.3. The van der Waals surface area contributed by atoms with Gasteiger partial charge in [0.2, 0.25) is 17.6 Å². The van der Waals surface area contributed by atoms with Crippen LogP contribution in [0.5, 0.6) is 0 Å². The molecule has 0 aliphatic rings. The van der Waals surface area contributed by atoms with Crippen LogP contribution < -0.4 is 16.2 Å². The molecule has 208 valence electrons. The number of nitrogens with one attached hydrogen (secondary N) is 2. The molecule has 2 aromatic carbocycles. The van der Waals surface area contributed by atoms with E-state index in [0.29, 0.717) is 11.4 Å². The van der Waals surface area contributed by atoms with Gasteiger partial charge in [-0.05, 0) is 37.5 Å². The third-order valence-electron chi connectivity index (χ3n) is 6.65. The summed E-state index contributed by atoms with van der Waals surface area (Å²) in [5.41, 5.74) is 0.390. The van der Waals surface area contributed by atoms with E-state index in [1.165, 1.54) is 22.9 Å². The molecule has 2 N–H and O–H groups in total. The average molecular weight is 547 g/mol. The number of ketones is 1. The number of anilines is 1. The van der Waals surface area contributed by atoms with Gasteiger partial charge in [-0.1, -0.05) is 56.3 Å². The SMILES string of the molecule is CNc1cnc(-c2ccccc2)n(CC(=O)NC(C(=O)c2nnc(C(C)(C)c3ccc(F)cc3)o2)C(C)C)c1=O. The van der Waals surface area contributed by atoms with Crippen LogP contribution in [0.15, 0.2) is 70.0 Å². The van der Waals surface area contributed by atoms with E-state index in [4.69, 9.17) is 4.42 Å². The molecule has 0 saturated carbocycles. The number of aromatic nitrogens is 4. The highest BCUT2D eigenvalue weighted by molar-refractivity contribution is 5.98. The van der Waals surface area contributed by atoms with Gasteiger partial charge in [-0.3, -0.25) is 19.0 Å². The Kier molecular flexibility index (Phi) is 8.22. The fourth-order valence-corrected chi connectivity index (χ4v) is 4.22. The van der Waals surface area contributed by atoms with E-state index in [2.05, 4.69) is 25.8 Å². The molecule has 0 fully saturated rings. The van der Waals surface area contributed by atoms with Crippen molar-refractivity contribution in [2.45, 2.75) is 45.7 Å². The van der Waals surface area contributed by atoms with E-state index in [-0.39, 0.29) is 35.7 Å². The number of hydrogen-bond acceptors (Lipinski definition) is 8. The molecule has 0 aliphatic carbocycles. The monoisotopic (exact) mass is 546 g/mol. The van der Waals surface area contributed by atoms with Crippen LogP contribution in [0.4, 0.5) is 10.1 Å². The van der Waals surface area contributed by atoms with E-state index < -0.39 is 28.7 Å². The summed E-state index contributed by atoms with van der Waals surface area (Å²) < 4.78 is 20.4. The Hall–Kier alpha value is -4.67. The molecule has 0 aliphatic heterocycles. The highest BCUT2D eigenvalue weighted by atomic mass is 19.1. The Morgan fingerprint density at radius 1 is 1.05 bits per heavy atom. The predicted molar refractivity (Wildman–Crippen MR) is 147 cm³/mol. The number of carbonyl (C=O) groups excluding carboxylic acids is 2. The lowest BCUT2D eigenvalue weighted by molar-refractivity contribution is -0.122. The topological polar surface area (TPSA) is 132 Å². The largest absolute Gasteiger partial charge is 0.417 e. The number of hydrogen-bond donors (Lipinski definition) is 2. The van der Waals surface area contributed by atoms with Crippen LogP contribution in [0.1, 0.15) is 49.8 Å². The quantitative estimate of drug-likeness (QED) is 0.287. The van der Waals surface area contributed by atoms with Crippen LogP contribution in [0.2, 0.25) is 0 Å². The van der Waals surface area contributed by atoms with Crippen molar-refractivity contribution in [2.24, 2.45) is 5.92 Å². The minimum absolute atomic E-state index is 0.172. The molecule has 1 amide bonds. The van der Waals surface area contributed by atoms with Gasteiger partial charge in [-0.2, -0.15) is 0 Å². The molecule has 0 spiro atoms. The summed E-state index contributed by atoms with van der Waals surface area (Å²) >= 11 is 0. The maximum absolute atomic E-state index is 13.4. The minimum atomic E-state index is -0.994. The Balaban J connectivity index is 1.57. The minimum Gasteiger partial charge on any atom is -0.417 e. The summed E-state index contributed by atoms with van der Waals surface area (Å²) in [6, 6.07) is 13.9. The Bertz CT molecular complexity index is 1560. The first-order valence-electron chi connectivity index (χ1n) is 12.8. The maximum Gasteiger partial charge on any atom is 0.286 e. The summed E-state index contributed by atoms with van der Waals surface area (Å²) in [6.07, 6.45) is 1.42. The van der Waals surface area contributed by atoms with Gasteiger partial charge in [0.1, 0.15) is 23.9 Å². The van der Waals surface area contributed by atoms with Crippen LogP contribution in [0.3, 0.4) is 0 Å². The second-order valence-electron chi connectivity index (χ2n) is 10.2. The van der Waals surface area contributed by atoms with Crippen LogP contribution in [0.25, 0.3) is 11.4 Å². The number of nitrogens with zero attached hydrogens (tertiary/aromatic N) is 4. The van der Waals surface area contributed by atoms with Crippen LogP contribution in [-0.4, -0.2) is 44.5 Å². The molecule has 4 rings (SSSR count). The summed E-state index contributed by atoms with van der Waals surface area (Å²) in [5.74, 6) is -1.60. The van der Waals surface area contributed by atoms with Crippen molar-refractivity contribution in [3.63, 3.8) is 0 Å². The fraction of sp³-hybridized carbons (Fsp3) is 0.310. The average Bonchev–Trinajstić information content (AvgIpc) is 3.44. The third-order valence-corrected chi connectivity index (χ3v) is 6.65. The molecule has 1 atom stereocenters. The number of amides is 1. The smallest absolute Gasteiger partial charge is 0.286 e. The lowest BCUT2D eigenvalue weighted by atomic mass is 9.84. The summed E-state index contributed by atoms with van der Waals surface area (Å²) in [5, 5.41) is 13.5. The molecular weight excluding hydrogens is 515 g/mol. The van der Waals surface area contributed by atoms with Crippen molar-refractivity contribution >= 4 is 17.4 Å². The van der Waals surface area contributed by atoms with Crippen molar-refractivity contribution in [2.75, 3.05) is 12.4 Å². The zero-order valence-corrected chi connectivity index (χ0v) is 22.9. The van der Waals surface area contributed by atoms with Gasteiger partial charge in [0.15, 0.2) is 0 Å². The Labute approximate surface area is 230 Å². The van der Waals surface area contributed by atoms with E-state index in [1.54, 1.807) is 57.3 Å². The molecular formula is C29H31FN6O4. The van der Waals surface area contributed by atoms with Gasteiger partial charge in [0, 0.05) is 12.6 Å². The summed E-state index contributed by atoms with van der Waals surface area (Å²) in [7, 11) is 1.59. The van der Waals surface area contributed by atoms with Gasteiger partial charge in [0.25, 0.3) is 11.4 Å². The van der Waals surface area contributed by atoms with Crippen molar-refractivity contribution in [3.05, 3.63) is 94.3 Å². The van der Waals surface area contributed by atoms with Gasteiger partial charge < -0.3 is 15.1 Å². The zero-order valence-electron chi connectivity index (χ0n) is 22.9. The second-order valence-corrected chi connectivity index (χ2v) is 10.2. The number of Topliss-reactive ketones (excluding diaryl/α,β-unsaturated/α-hetero) is 1. The van der Waals surface area contributed by atoms with Crippen molar-refractivity contribution < 1.29 is 18.4 Å². The van der Waals surface area contributed by atoms with Gasteiger partial charge >= 0.3 is 0 Å². The first-order chi connectivity index (χ1) is 19.0. The molecule has 0 bridgehead atoms. The molecule has 0 radical (unpaired) electrons. The molecule has 2 aromatic heterocycles. The summed E-state index contributed by atoms with van der Waals surface area (Å²) in [4.78, 5) is 44.1. The number of carbonyl (C=O) groups is 2. The van der Waals surface area contributed by atoms with E-state index >= 15 is 0 Å². The van der Waals surface area contributed by atoms with Crippen molar-refractivity contribution in [1.29, 1.82) is 0 Å². The molecule has 2 heterocycles. The van der Waals surface area contributed by atoms with Gasteiger partial charge in [-0.25, -0.2) is 9.37 Å². The van der Waals surface area contributed by atoms with E-state index in [1.807, 2.05) is 19.9 Å². The predicted octanol–water partition coefficient (Wildman–Crippen LogP) is 3.82. The standard InChI is InChI=1S/C29H31FN6O4/c1-17(2)23(24(38)26-34-35-28(40-26)29(3,4)19-11-13-20(30)14-12-19)33-22(37)16-36-25(18-9-7-6-8-10-18)32-15-21(31-5)27(36)39/h6-15,17,23,31H,16H2,1-5H3,(H,33,37). The summed E-state index contributed by atoms with van der Waals surface area (Å²) in [6.45, 7) is 6.81. The van der Waals surface area contributed by atoms with E-state index in [9.17, 15) is 18.8 Å². The molecule has 0 saturated heterocycles.